The number of aromatic hydroxyl groups is 2. The Morgan fingerprint density at radius 3 is 2.50 bits per heavy atom. The smallest absolute Gasteiger partial charge is 0.262 e. The minimum absolute atomic E-state index is 0.0263. The summed E-state index contributed by atoms with van der Waals surface area (Å²) < 4.78 is 5.20. The Bertz CT molecular complexity index is 640. The van der Waals surface area contributed by atoms with E-state index < -0.39 is 11.7 Å². The number of phenols is 2. The normalized spacial score (nSPS) is 10.1. The van der Waals surface area contributed by atoms with Crippen molar-refractivity contribution in [3.8, 4) is 17.2 Å². The van der Waals surface area contributed by atoms with Crippen LogP contribution in [0.5, 0.6) is 17.2 Å². The molecule has 20 heavy (non-hydrogen) atoms. The van der Waals surface area contributed by atoms with Gasteiger partial charge in [-0.15, -0.1) is 0 Å². The summed E-state index contributed by atoms with van der Waals surface area (Å²) in [7, 11) is 3.09. The van der Waals surface area contributed by atoms with E-state index in [2.05, 4.69) is 0 Å². The molecule has 1 amide bonds. The van der Waals surface area contributed by atoms with Gasteiger partial charge >= 0.3 is 0 Å². The van der Waals surface area contributed by atoms with Crippen molar-refractivity contribution in [3.63, 3.8) is 0 Å². The van der Waals surface area contributed by atoms with Gasteiger partial charge in [0.15, 0.2) is 11.5 Å². The van der Waals surface area contributed by atoms with Crippen LogP contribution < -0.4 is 9.64 Å². The number of anilines is 1. The minimum atomic E-state index is -0.442. The Labute approximate surface area is 116 Å². The summed E-state index contributed by atoms with van der Waals surface area (Å²) in [5, 5.41) is 19.2. The SMILES string of the molecule is COc1ccccc1N(C)C(=O)c1cccc(O)c1O. The van der Waals surface area contributed by atoms with Gasteiger partial charge in [0, 0.05) is 7.05 Å². The van der Waals surface area contributed by atoms with Crippen molar-refractivity contribution >= 4 is 11.6 Å². The van der Waals surface area contributed by atoms with Crippen molar-refractivity contribution in [2.24, 2.45) is 0 Å². The van der Waals surface area contributed by atoms with Crippen molar-refractivity contribution in [1.29, 1.82) is 0 Å². The summed E-state index contributed by atoms with van der Waals surface area (Å²) in [5.41, 5.74) is 0.598. The third kappa shape index (κ3) is 2.38. The molecule has 5 nitrogen and oxygen atoms in total. The first-order valence-electron chi connectivity index (χ1n) is 5.98. The third-order valence-electron chi connectivity index (χ3n) is 3.00. The predicted molar refractivity (Wildman–Crippen MR) is 75.5 cm³/mol. The zero-order valence-electron chi connectivity index (χ0n) is 11.2. The number of amides is 1. The maximum Gasteiger partial charge on any atom is 0.262 e. The number of ether oxygens (including phenoxy) is 1. The Balaban J connectivity index is 2.40. The van der Waals surface area contributed by atoms with Gasteiger partial charge in [-0.2, -0.15) is 0 Å². The fourth-order valence-electron chi connectivity index (χ4n) is 1.90. The zero-order chi connectivity index (χ0) is 14.7. The summed E-state index contributed by atoms with van der Waals surface area (Å²) in [6.45, 7) is 0. The van der Waals surface area contributed by atoms with E-state index >= 15 is 0 Å². The Morgan fingerprint density at radius 2 is 1.80 bits per heavy atom. The second kappa shape index (κ2) is 5.52. The number of carbonyl (C=O) groups is 1. The molecule has 0 atom stereocenters. The van der Waals surface area contributed by atoms with E-state index in [1.165, 1.54) is 30.2 Å². The predicted octanol–water partition coefficient (Wildman–Crippen LogP) is 2.38. The molecule has 0 aliphatic rings. The van der Waals surface area contributed by atoms with Crippen molar-refractivity contribution in [1.82, 2.24) is 0 Å². The average Bonchev–Trinajstić information content (AvgIpc) is 2.48. The van der Waals surface area contributed by atoms with Crippen LogP contribution in [0.2, 0.25) is 0 Å². The van der Waals surface area contributed by atoms with Gasteiger partial charge in [0.05, 0.1) is 18.4 Å². The van der Waals surface area contributed by atoms with Gasteiger partial charge in [-0.05, 0) is 24.3 Å². The van der Waals surface area contributed by atoms with E-state index in [0.29, 0.717) is 11.4 Å². The molecule has 0 aliphatic heterocycles. The maximum absolute atomic E-state index is 12.4. The van der Waals surface area contributed by atoms with Crippen LogP contribution >= 0.6 is 0 Å². The molecule has 0 aromatic heterocycles. The third-order valence-corrected chi connectivity index (χ3v) is 3.00. The number of rotatable bonds is 3. The zero-order valence-corrected chi connectivity index (χ0v) is 11.2. The topological polar surface area (TPSA) is 70.0 Å². The van der Waals surface area contributed by atoms with Crippen LogP contribution in [-0.4, -0.2) is 30.3 Å². The molecule has 0 aliphatic carbocycles. The molecular formula is C15H15NO4. The number of nitrogens with zero attached hydrogens (tertiary/aromatic N) is 1. The molecule has 2 aromatic carbocycles. The Kier molecular flexibility index (Phi) is 3.79. The number of benzene rings is 2. The molecule has 0 radical (unpaired) electrons. The van der Waals surface area contributed by atoms with Crippen LogP contribution in [-0.2, 0) is 0 Å². The molecule has 0 unspecified atom stereocenters. The summed E-state index contributed by atoms with van der Waals surface area (Å²) in [6.07, 6.45) is 0. The summed E-state index contributed by atoms with van der Waals surface area (Å²) in [4.78, 5) is 13.7. The van der Waals surface area contributed by atoms with Crippen LogP contribution in [0, 0.1) is 0 Å². The van der Waals surface area contributed by atoms with E-state index in [-0.39, 0.29) is 11.3 Å². The van der Waals surface area contributed by atoms with E-state index in [9.17, 15) is 15.0 Å². The molecule has 0 bridgehead atoms. The highest BCUT2D eigenvalue weighted by Gasteiger charge is 2.20. The molecule has 0 heterocycles. The number of methoxy groups -OCH3 is 1. The number of hydrogen-bond acceptors (Lipinski definition) is 4. The number of phenolic OH excluding ortho intramolecular Hbond substituents is 2. The summed E-state index contributed by atoms with van der Waals surface area (Å²) in [6, 6.07) is 11.3. The maximum atomic E-state index is 12.4. The van der Waals surface area contributed by atoms with E-state index in [4.69, 9.17) is 4.74 Å². The van der Waals surface area contributed by atoms with E-state index in [1.807, 2.05) is 0 Å². The van der Waals surface area contributed by atoms with Crippen molar-refractivity contribution in [2.45, 2.75) is 0 Å². The monoisotopic (exact) mass is 273 g/mol. The van der Waals surface area contributed by atoms with Gasteiger partial charge in [-0.25, -0.2) is 0 Å². The lowest BCUT2D eigenvalue weighted by Crippen LogP contribution is -2.26. The average molecular weight is 273 g/mol. The van der Waals surface area contributed by atoms with Gasteiger partial charge in [0.1, 0.15) is 5.75 Å². The molecule has 104 valence electrons. The molecule has 0 saturated heterocycles. The van der Waals surface area contributed by atoms with Crippen molar-refractivity contribution in [3.05, 3.63) is 48.0 Å². The van der Waals surface area contributed by atoms with Crippen molar-refractivity contribution in [2.75, 3.05) is 19.1 Å². The molecule has 2 N–H and O–H groups in total. The number of hydrogen-bond donors (Lipinski definition) is 2. The van der Waals surface area contributed by atoms with Gasteiger partial charge in [0.25, 0.3) is 5.91 Å². The van der Waals surface area contributed by atoms with Gasteiger partial charge in [0.2, 0.25) is 0 Å². The van der Waals surface area contributed by atoms with Crippen LogP contribution in [0.25, 0.3) is 0 Å². The summed E-state index contributed by atoms with van der Waals surface area (Å²) in [5.74, 6) is -0.658. The number of carbonyl (C=O) groups excluding carboxylic acids is 1. The van der Waals surface area contributed by atoms with Crippen LogP contribution in [0.1, 0.15) is 10.4 Å². The van der Waals surface area contributed by atoms with Crippen molar-refractivity contribution < 1.29 is 19.7 Å². The van der Waals surface area contributed by atoms with Crippen LogP contribution in [0.3, 0.4) is 0 Å². The Morgan fingerprint density at radius 1 is 1.10 bits per heavy atom. The molecule has 2 rings (SSSR count). The van der Waals surface area contributed by atoms with E-state index in [0.717, 1.165) is 0 Å². The molecule has 0 spiro atoms. The fraction of sp³-hybridized carbons (Fsp3) is 0.133. The fourth-order valence-corrected chi connectivity index (χ4v) is 1.90. The molecule has 5 heteroatoms. The lowest BCUT2D eigenvalue weighted by Gasteiger charge is -2.20. The van der Waals surface area contributed by atoms with Crippen LogP contribution in [0.4, 0.5) is 5.69 Å². The van der Waals surface area contributed by atoms with Gasteiger partial charge in [-0.1, -0.05) is 18.2 Å². The second-order valence-corrected chi connectivity index (χ2v) is 4.21. The minimum Gasteiger partial charge on any atom is -0.504 e. The van der Waals surface area contributed by atoms with Crippen LogP contribution in [0.15, 0.2) is 42.5 Å². The lowest BCUT2D eigenvalue weighted by molar-refractivity contribution is 0.0989. The largest absolute Gasteiger partial charge is 0.504 e. The van der Waals surface area contributed by atoms with Gasteiger partial charge < -0.3 is 19.8 Å². The number of para-hydroxylation sites is 3. The summed E-state index contributed by atoms with van der Waals surface area (Å²) >= 11 is 0. The Hall–Kier alpha value is -2.69. The van der Waals surface area contributed by atoms with Gasteiger partial charge in [-0.3, -0.25) is 4.79 Å². The lowest BCUT2D eigenvalue weighted by atomic mass is 10.1. The molecule has 2 aromatic rings. The highest BCUT2D eigenvalue weighted by molar-refractivity contribution is 6.08. The highest BCUT2D eigenvalue weighted by Crippen LogP contribution is 2.32. The van der Waals surface area contributed by atoms with E-state index in [1.54, 1.807) is 31.3 Å². The molecule has 0 saturated carbocycles. The first-order chi connectivity index (χ1) is 9.56. The molecule has 0 fully saturated rings. The highest BCUT2D eigenvalue weighted by atomic mass is 16.5. The second-order valence-electron chi connectivity index (χ2n) is 4.21. The quantitative estimate of drug-likeness (QED) is 0.842. The standard InChI is InChI=1S/C15H15NO4/c1-16(11-7-3-4-9-13(11)20-2)15(19)10-6-5-8-12(17)14(10)18/h3-9,17-18H,1-2H3. The first kappa shape index (κ1) is 13.7. The first-order valence-corrected chi connectivity index (χ1v) is 5.98. The molecular weight excluding hydrogens is 258 g/mol.